The first-order valence-corrected chi connectivity index (χ1v) is 6.04. The summed E-state index contributed by atoms with van der Waals surface area (Å²) in [5.74, 6) is -0.381. The molecule has 0 radical (unpaired) electrons. The summed E-state index contributed by atoms with van der Waals surface area (Å²) in [6.07, 6.45) is -9.69. The molecule has 0 aromatic heterocycles. The van der Waals surface area contributed by atoms with Gasteiger partial charge in [-0.25, -0.2) is 0 Å². The lowest BCUT2D eigenvalue weighted by Crippen LogP contribution is -2.17. The predicted molar refractivity (Wildman–Crippen MR) is 67.1 cm³/mol. The van der Waals surface area contributed by atoms with Crippen LogP contribution in [0.1, 0.15) is 19.4 Å². The third-order valence-electron chi connectivity index (χ3n) is 3.44. The lowest BCUT2D eigenvalue weighted by Gasteiger charge is -2.10. The first-order chi connectivity index (χ1) is 9.55. The summed E-state index contributed by atoms with van der Waals surface area (Å²) in [6.45, 7) is 2.14. The van der Waals surface area contributed by atoms with E-state index in [1.54, 1.807) is 0 Å². The fraction of sp³-hybridized carbons (Fsp3) is 0.267. The van der Waals surface area contributed by atoms with Crippen molar-refractivity contribution in [1.29, 1.82) is 0 Å². The zero-order valence-electron chi connectivity index (χ0n) is 11.2. The van der Waals surface area contributed by atoms with Gasteiger partial charge in [0.2, 0.25) is 5.57 Å². The van der Waals surface area contributed by atoms with Gasteiger partial charge in [-0.1, -0.05) is 18.2 Å². The number of allylic oxidation sites excluding steroid dienone is 4. The van der Waals surface area contributed by atoms with E-state index in [4.69, 9.17) is 0 Å². The van der Waals surface area contributed by atoms with Gasteiger partial charge in [-0.3, -0.25) is 0 Å². The van der Waals surface area contributed by atoms with E-state index in [-0.39, 0.29) is 17.1 Å². The second-order valence-corrected chi connectivity index (χ2v) is 4.74. The molecular formula is C15H11F6+. The maximum absolute atomic E-state index is 13.2. The number of alkyl halides is 6. The molecule has 0 amide bonds. The second-order valence-electron chi connectivity index (χ2n) is 4.74. The standard InChI is InChI=1S/C15H11F6/c1-8-9(2)13(15(19,20)21)11(12(8)14(16,17)18)10-6-4-3-5-7-10/h3-7H,1-2H3/q+1. The van der Waals surface area contributed by atoms with E-state index in [9.17, 15) is 26.3 Å². The third-order valence-corrected chi connectivity index (χ3v) is 3.44. The molecule has 1 aromatic carbocycles. The van der Waals surface area contributed by atoms with Crippen molar-refractivity contribution in [3.63, 3.8) is 0 Å². The smallest absolute Gasteiger partial charge is 0.164 e. The van der Waals surface area contributed by atoms with Crippen molar-refractivity contribution in [2.45, 2.75) is 26.2 Å². The van der Waals surface area contributed by atoms with Gasteiger partial charge < -0.3 is 0 Å². The van der Waals surface area contributed by atoms with Crippen LogP contribution in [-0.4, -0.2) is 12.4 Å². The summed E-state index contributed by atoms with van der Waals surface area (Å²) in [5.41, 5.74) is -3.68. The number of rotatable bonds is 1. The van der Waals surface area contributed by atoms with Crippen LogP contribution in [0.15, 0.2) is 47.1 Å². The van der Waals surface area contributed by atoms with Crippen molar-refractivity contribution in [3.8, 4) is 0 Å². The molecule has 2 rings (SSSR count). The Morgan fingerprint density at radius 3 is 1.81 bits per heavy atom. The van der Waals surface area contributed by atoms with Crippen LogP contribution in [0, 0.1) is 5.92 Å². The summed E-state index contributed by atoms with van der Waals surface area (Å²) < 4.78 is 79.3. The number of benzene rings is 1. The Bertz CT molecular complexity index is 601. The van der Waals surface area contributed by atoms with Gasteiger partial charge in [0.05, 0.1) is 17.1 Å². The maximum atomic E-state index is 13.2. The van der Waals surface area contributed by atoms with Gasteiger partial charge in [0, 0.05) is 6.92 Å². The molecule has 1 aliphatic carbocycles. The van der Waals surface area contributed by atoms with E-state index in [0.717, 1.165) is 13.8 Å². The highest BCUT2D eigenvalue weighted by molar-refractivity contribution is 5.91. The average molecular weight is 305 g/mol. The minimum Gasteiger partial charge on any atom is -0.164 e. The lowest BCUT2D eigenvalue weighted by molar-refractivity contribution is -0.0911. The molecule has 0 atom stereocenters. The summed E-state index contributed by atoms with van der Waals surface area (Å²) in [6, 6.07) is 6.85. The Labute approximate surface area is 117 Å². The SMILES string of the molecule is CC1=C(C(F)(F)F)C(c2ccccc2)=C(C(F)(F)F)[C+]1C. The molecule has 0 fully saturated rings. The summed E-state index contributed by atoms with van der Waals surface area (Å²) >= 11 is 0. The molecule has 1 aromatic rings. The minimum absolute atomic E-state index is 0.0895. The van der Waals surface area contributed by atoms with E-state index >= 15 is 0 Å². The van der Waals surface area contributed by atoms with Gasteiger partial charge in [-0.05, 0) is 19.1 Å². The molecule has 0 N–H and O–H groups in total. The van der Waals surface area contributed by atoms with Crippen LogP contribution < -0.4 is 0 Å². The molecule has 1 aliphatic rings. The Kier molecular flexibility index (Phi) is 3.59. The van der Waals surface area contributed by atoms with Crippen molar-refractivity contribution in [2.75, 3.05) is 0 Å². The summed E-state index contributed by atoms with van der Waals surface area (Å²) in [7, 11) is 0. The molecule has 0 saturated carbocycles. The molecular weight excluding hydrogens is 294 g/mol. The first-order valence-electron chi connectivity index (χ1n) is 6.04. The fourth-order valence-electron chi connectivity index (χ4n) is 2.48. The van der Waals surface area contributed by atoms with Crippen molar-refractivity contribution >= 4 is 5.57 Å². The molecule has 0 aliphatic heterocycles. The normalized spacial score (nSPS) is 17.0. The van der Waals surface area contributed by atoms with E-state index in [2.05, 4.69) is 0 Å². The monoisotopic (exact) mass is 305 g/mol. The predicted octanol–water partition coefficient (Wildman–Crippen LogP) is 5.49. The molecule has 0 nitrogen and oxygen atoms in total. The third kappa shape index (κ3) is 2.66. The zero-order chi connectivity index (χ0) is 16.0. The van der Waals surface area contributed by atoms with Crippen molar-refractivity contribution in [2.24, 2.45) is 0 Å². The van der Waals surface area contributed by atoms with Crippen molar-refractivity contribution < 1.29 is 26.3 Å². The van der Waals surface area contributed by atoms with Gasteiger partial charge in [-0.15, -0.1) is 0 Å². The van der Waals surface area contributed by atoms with E-state index in [0.29, 0.717) is 0 Å². The van der Waals surface area contributed by atoms with Crippen LogP contribution in [0.5, 0.6) is 0 Å². The van der Waals surface area contributed by atoms with Crippen LogP contribution in [-0.2, 0) is 0 Å². The largest absolute Gasteiger partial charge is 0.479 e. The van der Waals surface area contributed by atoms with Crippen molar-refractivity contribution in [1.82, 2.24) is 0 Å². The zero-order valence-corrected chi connectivity index (χ0v) is 11.2. The van der Waals surface area contributed by atoms with E-state index < -0.39 is 29.1 Å². The van der Waals surface area contributed by atoms with Crippen LogP contribution >= 0.6 is 0 Å². The van der Waals surface area contributed by atoms with Gasteiger partial charge in [0.15, 0.2) is 11.1 Å². The second kappa shape index (κ2) is 4.86. The molecule has 21 heavy (non-hydrogen) atoms. The van der Waals surface area contributed by atoms with Crippen LogP contribution in [0.4, 0.5) is 26.3 Å². The molecule has 0 bridgehead atoms. The van der Waals surface area contributed by atoms with Crippen LogP contribution in [0.25, 0.3) is 5.57 Å². The number of hydrogen-bond donors (Lipinski definition) is 0. The van der Waals surface area contributed by atoms with Gasteiger partial charge in [0.25, 0.3) is 0 Å². The topological polar surface area (TPSA) is 0 Å². The highest BCUT2D eigenvalue weighted by atomic mass is 19.4. The fourth-order valence-corrected chi connectivity index (χ4v) is 2.48. The maximum Gasteiger partial charge on any atom is 0.479 e. The quantitative estimate of drug-likeness (QED) is 0.475. The number of hydrogen-bond acceptors (Lipinski definition) is 0. The van der Waals surface area contributed by atoms with Crippen LogP contribution in [0.3, 0.4) is 0 Å². The molecule has 0 heterocycles. The average Bonchev–Trinajstić information content (AvgIpc) is 2.62. The Morgan fingerprint density at radius 2 is 1.38 bits per heavy atom. The summed E-state index contributed by atoms with van der Waals surface area (Å²) in [4.78, 5) is 0. The highest BCUT2D eigenvalue weighted by Crippen LogP contribution is 2.54. The van der Waals surface area contributed by atoms with Crippen molar-refractivity contribution in [3.05, 3.63) is 58.5 Å². The molecule has 112 valence electrons. The molecule has 0 spiro atoms. The van der Waals surface area contributed by atoms with Gasteiger partial charge in [0.1, 0.15) is 0 Å². The summed E-state index contributed by atoms with van der Waals surface area (Å²) in [5, 5.41) is 0. The van der Waals surface area contributed by atoms with Gasteiger partial charge in [-0.2, -0.15) is 26.3 Å². The van der Waals surface area contributed by atoms with E-state index in [1.807, 2.05) is 0 Å². The van der Waals surface area contributed by atoms with E-state index in [1.165, 1.54) is 30.3 Å². The Morgan fingerprint density at radius 1 is 0.857 bits per heavy atom. The molecule has 0 saturated heterocycles. The minimum atomic E-state index is -4.84. The Balaban J connectivity index is 2.79. The lowest BCUT2D eigenvalue weighted by atomic mass is 9.94. The molecule has 0 unspecified atom stereocenters. The molecule has 6 heteroatoms. The number of halogens is 6. The van der Waals surface area contributed by atoms with Crippen LogP contribution in [0.2, 0.25) is 0 Å². The Hall–Kier alpha value is -1.85. The van der Waals surface area contributed by atoms with Gasteiger partial charge >= 0.3 is 12.4 Å². The first kappa shape index (κ1) is 15.5. The highest BCUT2D eigenvalue weighted by Gasteiger charge is 2.60.